The molecule has 0 amide bonds. The normalized spacial score (nSPS) is 21.4. The van der Waals surface area contributed by atoms with E-state index in [0.717, 1.165) is 23.8 Å². The van der Waals surface area contributed by atoms with Gasteiger partial charge < -0.3 is 11.1 Å². The number of hydrogen-bond acceptors (Lipinski definition) is 4. The molecule has 2 rings (SSSR count). The first kappa shape index (κ1) is 13.7. The van der Waals surface area contributed by atoms with Gasteiger partial charge in [-0.2, -0.15) is 0 Å². The van der Waals surface area contributed by atoms with Crippen molar-refractivity contribution in [2.75, 3.05) is 11.1 Å². The monoisotopic (exact) mass is 266 g/mol. The number of anilines is 2. The van der Waals surface area contributed by atoms with Gasteiger partial charge in [0.1, 0.15) is 11.5 Å². The second-order valence-corrected chi connectivity index (χ2v) is 5.21. The van der Waals surface area contributed by atoms with Gasteiger partial charge in [0, 0.05) is 19.6 Å². The van der Waals surface area contributed by atoms with Gasteiger partial charge in [0.25, 0.3) is 5.56 Å². The van der Waals surface area contributed by atoms with Crippen molar-refractivity contribution in [3.8, 4) is 0 Å². The summed E-state index contributed by atoms with van der Waals surface area (Å²) in [6.07, 6.45) is 2.95. The van der Waals surface area contributed by atoms with Crippen LogP contribution < -0.4 is 22.3 Å². The number of aromatic nitrogens is 2. The molecule has 6 heteroatoms. The van der Waals surface area contributed by atoms with Crippen LogP contribution in [0.1, 0.15) is 33.1 Å². The Morgan fingerprint density at radius 1 is 1.37 bits per heavy atom. The summed E-state index contributed by atoms with van der Waals surface area (Å²) in [5.74, 6) is 0.868. The van der Waals surface area contributed by atoms with Crippen LogP contribution in [0.25, 0.3) is 0 Å². The van der Waals surface area contributed by atoms with Crippen LogP contribution in [0, 0.1) is 5.92 Å². The van der Waals surface area contributed by atoms with Gasteiger partial charge in [-0.25, -0.2) is 4.79 Å². The summed E-state index contributed by atoms with van der Waals surface area (Å²) < 4.78 is 2.59. The number of rotatable bonds is 5. The van der Waals surface area contributed by atoms with Crippen molar-refractivity contribution >= 4 is 11.5 Å². The van der Waals surface area contributed by atoms with E-state index in [0.29, 0.717) is 24.2 Å². The zero-order valence-electron chi connectivity index (χ0n) is 11.8. The maximum atomic E-state index is 12.1. The van der Waals surface area contributed by atoms with Crippen LogP contribution in [0.2, 0.25) is 0 Å². The lowest BCUT2D eigenvalue weighted by Gasteiger charge is -2.15. The van der Waals surface area contributed by atoms with E-state index in [1.165, 1.54) is 11.6 Å². The average Bonchev–Trinajstić information content (AvgIpc) is 3.16. The molecule has 1 aliphatic carbocycles. The van der Waals surface area contributed by atoms with Gasteiger partial charge in [-0.15, -0.1) is 0 Å². The summed E-state index contributed by atoms with van der Waals surface area (Å²) in [5, 5.41) is 3.20. The van der Waals surface area contributed by atoms with E-state index in [2.05, 4.69) is 12.2 Å². The fourth-order valence-corrected chi connectivity index (χ4v) is 2.42. The van der Waals surface area contributed by atoms with Crippen molar-refractivity contribution in [2.24, 2.45) is 13.0 Å². The van der Waals surface area contributed by atoms with Crippen LogP contribution in [0.5, 0.6) is 0 Å². The van der Waals surface area contributed by atoms with Gasteiger partial charge >= 0.3 is 5.69 Å². The van der Waals surface area contributed by atoms with Crippen LogP contribution in [-0.2, 0) is 13.6 Å². The largest absolute Gasteiger partial charge is 0.383 e. The van der Waals surface area contributed by atoms with Crippen molar-refractivity contribution < 1.29 is 0 Å². The Morgan fingerprint density at radius 3 is 2.58 bits per heavy atom. The highest BCUT2D eigenvalue weighted by atomic mass is 16.2. The number of nitrogen functional groups attached to an aromatic ring is 1. The standard InChI is InChI=1S/C13H22N4O2/c1-4-6-17-11(14)10(12(18)16(3)13(17)19)15-9-7-8(9)5-2/h8-9,15H,4-7,14H2,1-3H3. The molecule has 1 saturated carbocycles. The first-order valence-electron chi connectivity index (χ1n) is 6.87. The van der Waals surface area contributed by atoms with E-state index in [9.17, 15) is 9.59 Å². The molecule has 0 aliphatic heterocycles. The Hall–Kier alpha value is -1.72. The average molecular weight is 266 g/mol. The summed E-state index contributed by atoms with van der Waals surface area (Å²) in [6, 6.07) is 0.313. The Morgan fingerprint density at radius 2 is 2.05 bits per heavy atom. The molecule has 1 heterocycles. The summed E-state index contributed by atoms with van der Waals surface area (Å²) in [7, 11) is 1.49. The molecule has 0 bridgehead atoms. The predicted octanol–water partition coefficient (Wildman–Crippen LogP) is 0.750. The summed E-state index contributed by atoms with van der Waals surface area (Å²) in [5.41, 5.74) is 5.68. The van der Waals surface area contributed by atoms with Gasteiger partial charge in [0.15, 0.2) is 0 Å². The summed E-state index contributed by atoms with van der Waals surface area (Å²) >= 11 is 0. The number of nitrogens with two attached hydrogens (primary N) is 1. The second kappa shape index (κ2) is 5.11. The topological polar surface area (TPSA) is 82.0 Å². The minimum atomic E-state index is -0.349. The highest BCUT2D eigenvalue weighted by Gasteiger charge is 2.36. The minimum Gasteiger partial charge on any atom is -0.383 e. The molecule has 1 fully saturated rings. The smallest absolute Gasteiger partial charge is 0.332 e. The third kappa shape index (κ3) is 2.39. The zero-order chi connectivity index (χ0) is 14.2. The molecule has 0 radical (unpaired) electrons. The molecular weight excluding hydrogens is 244 g/mol. The Kier molecular flexibility index (Phi) is 3.68. The number of nitrogens with one attached hydrogen (secondary N) is 1. The van der Waals surface area contributed by atoms with Crippen molar-refractivity contribution in [3.63, 3.8) is 0 Å². The van der Waals surface area contributed by atoms with Crippen LogP contribution in [0.4, 0.5) is 11.5 Å². The zero-order valence-corrected chi connectivity index (χ0v) is 11.8. The number of hydrogen-bond donors (Lipinski definition) is 2. The molecule has 106 valence electrons. The molecule has 0 saturated heterocycles. The van der Waals surface area contributed by atoms with Crippen molar-refractivity contribution in [1.82, 2.24) is 9.13 Å². The summed E-state index contributed by atoms with van der Waals surface area (Å²) in [4.78, 5) is 24.1. The molecule has 3 N–H and O–H groups in total. The second-order valence-electron chi connectivity index (χ2n) is 5.21. The fourth-order valence-electron chi connectivity index (χ4n) is 2.42. The maximum absolute atomic E-state index is 12.1. The Balaban J connectivity index is 2.42. The first-order chi connectivity index (χ1) is 9.01. The predicted molar refractivity (Wildman–Crippen MR) is 76.5 cm³/mol. The van der Waals surface area contributed by atoms with Gasteiger partial charge in [-0.1, -0.05) is 20.3 Å². The van der Waals surface area contributed by atoms with Crippen LogP contribution in [0.15, 0.2) is 9.59 Å². The van der Waals surface area contributed by atoms with E-state index in [-0.39, 0.29) is 17.1 Å². The maximum Gasteiger partial charge on any atom is 0.332 e. The first-order valence-corrected chi connectivity index (χ1v) is 6.87. The van der Waals surface area contributed by atoms with Crippen molar-refractivity contribution in [1.29, 1.82) is 0 Å². The van der Waals surface area contributed by atoms with Crippen molar-refractivity contribution in [2.45, 2.75) is 45.7 Å². The molecule has 1 aliphatic rings. The van der Waals surface area contributed by atoms with E-state index in [1.807, 2.05) is 6.92 Å². The van der Waals surface area contributed by atoms with Crippen LogP contribution in [-0.4, -0.2) is 15.2 Å². The fraction of sp³-hybridized carbons (Fsp3) is 0.692. The van der Waals surface area contributed by atoms with Gasteiger partial charge in [0.05, 0.1) is 0 Å². The molecule has 2 atom stereocenters. The van der Waals surface area contributed by atoms with E-state index in [1.54, 1.807) is 0 Å². The third-order valence-corrected chi connectivity index (χ3v) is 3.81. The molecule has 0 spiro atoms. The lowest BCUT2D eigenvalue weighted by atomic mass is 10.3. The molecule has 1 aromatic heterocycles. The van der Waals surface area contributed by atoms with E-state index >= 15 is 0 Å². The highest BCUT2D eigenvalue weighted by Crippen LogP contribution is 2.36. The quantitative estimate of drug-likeness (QED) is 0.824. The van der Waals surface area contributed by atoms with Gasteiger partial charge in [-0.05, 0) is 18.8 Å². The van der Waals surface area contributed by atoms with E-state index < -0.39 is 0 Å². The van der Waals surface area contributed by atoms with Gasteiger partial charge in [0.2, 0.25) is 0 Å². The van der Waals surface area contributed by atoms with Crippen molar-refractivity contribution in [3.05, 3.63) is 20.8 Å². The SMILES string of the molecule is CCCn1c(N)c(NC2CC2CC)c(=O)n(C)c1=O. The van der Waals surface area contributed by atoms with Crippen LogP contribution >= 0.6 is 0 Å². The lowest BCUT2D eigenvalue weighted by molar-refractivity contribution is 0.600. The molecule has 6 nitrogen and oxygen atoms in total. The highest BCUT2D eigenvalue weighted by molar-refractivity contribution is 5.61. The molecule has 2 unspecified atom stereocenters. The van der Waals surface area contributed by atoms with E-state index in [4.69, 9.17) is 5.73 Å². The Bertz CT molecular complexity index is 588. The minimum absolute atomic E-state index is 0.261. The third-order valence-electron chi connectivity index (χ3n) is 3.81. The number of nitrogens with zero attached hydrogens (tertiary/aromatic N) is 2. The van der Waals surface area contributed by atoms with Crippen LogP contribution in [0.3, 0.4) is 0 Å². The molecule has 1 aromatic rings. The summed E-state index contributed by atoms with van der Waals surface area (Å²) in [6.45, 7) is 4.62. The lowest BCUT2D eigenvalue weighted by Crippen LogP contribution is -2.41. The van der Waals surface area contributed by atoms with Gasteiger partial charge in [-0.3, -0.25) is 13.9 Å². The molecule has 19 heavy (non-hydrogen) atoms. The molecule has 0 aromatic carbocycles. The Labute approximate surface area is 112 Å². The molecular formula is C13H22N4O2.